The van der Waals surface area contributed by atoms with Crippen molar-refractivity contribution in [3.05, 3.63) is 23.8 Å². The largest absolute Gasteiger partial charge is 0.479 e. The van der Waals surface area contributed by atoms with Crippen molar-refractivity contribution in [1.82, 2.24) is 10.2 Å². The van der Waals surface area contributed by atoms with E-state index < -0.39 is 12.0 Å². The number of amides is 1. The fourth-order valence-corrected chi connectivity index (χ4v) is 5.23. The summed E-state index contributed by atoms with van der Waals surface area (Å²) in [4.78, 5) is 30.7. The molecule has 9 heteroatoms. The molecule has 4 atom stereocenters. The zero-order valence-corrected chi connectivity index (χ0v) is 19.5. The summed E-state index contributed by atoms with van der Waals surface area (Å²) in [5.41, 5.74) is 13.3. The summed E-state index contributed by atoms with van der Waals surface area (Å²) in [5.74, 6) is 0.569. The molecule has 2 heterocycles. The maximum absolute atomic E-state index is 12.4. The number of nitrogens with one attached hydrogen (secondary N) is 1. The van der Waals surface area contributed by atoms with Gasteiger partial charge in [0, 0.05) is 11.6 Å². The highest BCUT2D eigenvalue weighted by Crippen LogP contribution is 2.36. The van der Waals surface area contributed by atoms with Crippen LogP contribution in [0.2, 0.25) is 0 Å². The summed E-state index contributed by atoms with van der Waals surface area (Å²) < 4.78 is 11.5. The molecule has 0 spiro atoms. The summed E-state index contributed by atoms with van der Waals surface area (Å²) in [6, 6.07) is 5.75. The van der Waals surface area contributed by atoms with Gasteiger partial charge in [-0.2, -0.15) is 0 Å². The molecule has 2 fully saturated rings. The number of fused-ring (bicyclic) bond motifs is 2. The first-order valence-corrected chi connectivity index (χ1v) is 11.9. The van der Waals surface area contributed by atoms with E-state index in [9.17, 15) is 9.59 Å². The van der Waals surface area contributed by atoms with Crippen molar-refractivity contribution >= 4 is 23.5 Å². The number of hydrogen-bond acceptors (Lipinski definition) is 8. The number of nitrogens with zero attached hydrogens (tertiary/aromatic N) is 2. The zero-order chi connectivity index (χ0) is 23.5. The van der Waals surface area contributed by atoms with Crippen LogP contribution in [0, 0.1) is 5.92 Å². The molecule has 9 nitrogen and oxygen atoms in total. The van der Waals surface area contributed by atoms with Gasteiger partial charge >= 0.3 is 5.97 Å². The van der Waals surface area contributed by atoms with Gasteiger partial charge in [-0.1, -0.05) is 18.9 Å². The smallest absolute Gasteiger partial charge is 0.325 e. The number of rotatable bonds is 7. The quantitative estimate of drug-likeness (QED) is 0.533. The average molecular weight is 458 g/mol. The van der Waals surface area contributed by atoms with E-state index in [0.29, 0.717) is 29.9 Å². The van der Waals surface area contributed by atoms with Crippen molar-refractivity contribution in [2.75, 3.05) is 6.54 Å². The standard InChI is InChI=1S/C24H35N5O4/c1-14(2)32-21(30)13-29-12-16-18(28-24(29)26)8-5-9-20(16)33-22(23(25)31)19-11-10-15-6-3-4-7-17(15)27-19/h5,8-9,14-15,17,19,22,27H,3-4,6-7,10-13H2,1-2H3,(H2,25,31)(H2,26,28). The molecule has 1 saturated carbocycles. The van der Waals surface area contributed by atoms with Gasteiger partial charge in [-0.3, -0.25) is 9.59 Å². The van der Waals surface area contributed by atoms with Crippen LogP contribution in [0.5, 0.6) is 5.75 Å². The Balaban J connectivity index is 1.51. The van der Waals surface area contributed by atoms with Gasteiger partial charge in [0.2, 0.25) is 0 Å². The zero-order valence-electron chi connectivity index (χ0n) is 19.5. The molecule has 3 aliphatic rings. The molecule has 1 aromatic rings. The summed E-state index contributed by atoms with van der Waals surface area (Å²) in [6.07, 6.45) is 5.79. The molecule has 5 N–H and O–H groups in total. The molecule has 1 amide bonds. The number of aliphatic imine (C=N–C) groups is 1. The third kappa shape index (κ3) is 5.40. The molecule has 4 rings (SSSR count). The van der Waals surface area contributed by atoms with Crippen molar-refractivity contribution < 1.29 is 19.1 Å². The molecule has 1 saturated heterocycles. The highest BCUT2D eigenvalue weighted by atomic mass is 16.5. The molecular formula is C24H35N5O4. The van der Waals surface area contributed by atoms with E-state index in [-0.39, 0.29) is 30.6 Å². The normalized spacial score (nSPS) is 25.5. The Labute approximate surface area is 194 Å². The first kappa shape index (κ1) is 23.4. The van der Waals surface area contributed by atoms with Gasteiger partial charge in [0.1, 0.15) is 12.3 Å². The molecular weight excluding hydrogens is 422 g/mol. The van der Waals surface area contributed by atoms with E-state index >= 15 is 0 Å². The molecule has 0 bridgehead atoms. The molecule has 2 aliphatic heterocycles. The van der Waals surface area contributed by atoms with Gasteiger partial charge in [0.25, 0.3) is 5.91 Å². The number of guanidine groups is 1. The minimum Gasteiger partial charge on any atom is -0.479 e. The highest BCUT2D eigenvalue weighted by Gasteiger charge is 2.38. The van der Waals surface area contributed by atoms with Crippen LogP contribution < -0.4 is 21.5 Å². The van der Waals surface area contributed by atoms with Gasteiger partial charge in [0.15, 0.2) is 12.1 Å². The van der Waals surface area contributed by atoms with Gasteiger partial charge in [-0.15, -0.1) is 0 Å². The molecule has 1 aromatic carbocycles. The Morgan fingerprint density at radius 3 is 2.76 bits per heavy atom. The first-order chi connectivity index (χ1) is 15.8. The van der Waals surface area contributed by atoms with E-state index in [1.807, 2.05) is 18.2 Å². The van der Waals surface area contributed by atoms with Gasteiger partial charge in [-0.25, -0.2) is 4.99 Å². The number of benzene rings is 1. The lowest BCUT2D eigenvalue weighted by Gasteiger charge is -2.42. The molecule has 33 heavy (non-hydrogen) atoms. The fraction of sp³-hybridized carbons (Fsp3) is 0.625. The summed E-state index contributed by atoms with van der Waals surface area (Å²) in [5, 5.41) is 3.65. The second-order valence-electron chi connectivity index (χ2n) is 9.56. The second-order valence-corrected chi connectivity index (χ2v) is 9.56. The number of piperidine rings is 1. The predicted octanol–water partition coefficient (Wildman–Crippen LogP) is 1.94. The third-order valence-electron chi connectivity index (χ3n) is 6.79. The van der Waals surface area contributed by atoms with Gasteiger partial charge < -0.3 is 31.2 Å². The van der Waals surface area contributed by atoms with Crippen molar-refractivity contribution in [2.24, 2.45) is 22.4 Å². The minimum absolute atomic E-state index is 0.0201. The molecule has 0 aromatic heterocycles. The highest BCUT2D eigenvalue weighted by molar-refractivity contribution is 5.87. The minimum atomic E-state index is -0.790. The Morgan fingerprint density at radius 1 is 1.21 bits per heavy atom. The molecule has 0 radical (unpaired) electrons. The van der Waals surface area contributed by atoms with Gasteiger partial charge in [0.05, 0.1) is 24.4 Å². The van der Waals surface area contributed by atoms with E-state index in [0.717, 1.165) is 24.8 Å². The van der Waals surface area contributed by atoms with Crippen LogP contribution in [0.15, 0.2) is 23.2 Å². The summed E-state index contributed by atoms with van der Waals surface area (Å²) >= 11 is 0. The Bertz CT molecular complexity index is 918. The Kier molecular flexibility index (Phi) is 7.07. The molecule has 180 valence electrons. The maximum atomic E-state index is 12.4. The number of hydrogen-bond donors (Lipinski definition) is 3. The third-order valence-corrected chi connectivity index (χ3v) is 6.79. The van der Waals surface area contributed by atoms with Crippen molar-refractivity contribution in [1.29, 1.82) is 0 Å². The van der Waals surface area contributed by atoms with E-state index in [4.69, 9.17) is 20.9 Å². The number of carbonyl (C=O) groups excluding carboxylic acids is 2. The Hall–Kier alpha value is -2.81. The summed E-state index contributed by atoms with van der Waals surface area (Å²) in [7, 11) is 0. The first-order valence-electron chi connectivity index (χ1n) is 11.9. The Morgan fingerprint density at radius 2 is 2.00 bits per heavy atom. The lowest BCUT2D eigenvalue weighted by atomic mass is 9.77. The van der Waals surface area contributed by atoms with Crippen LogP contribution in [-0.4, -0.2) is 53.6 Å². The average Bonchev–Trinajstić information content (AvgIpc) is 2.77. The van der Waals surface area contributed by atoms with Gasteiger partial charge in [-0.05, 0) is 57.6 Å². The second kappa shape index (κ2) is 9.99. The van der Waals surface area contributed by atoms with Crippen LogP contribution in [0.1, 0.15) is 57.9 Å². The number of nitrogens with two attached hydrogens (primary N) is 2. The molecule has 1 aliphatic carbocycles. The van der Waals surface area contributed by atoms with E-state index in [1.165, 1.54) is 19.3 Å². The predicted molar refractivity (Wildman–Crippen MR) is 125 cm³/mol. The maximum Gasteiger partial charge on any atom is 0.325 e. The SMILES string of the molecule is CC(C)OC(=O)CN1Cc2c(cccc2OC(C(N)=O)C2CCC3CCCCC3N2)N=C1N. The van der Waals surface area contributed by atoms with Crippen molar-refractivity contribution in [3.8, 4) is 5.75 Å². The van der Waals surface area contributed by atoms with Crippen LogP contribution in [0.4, 0.5) is 5.69 Å². The van der Waals surface area contributed by atoms with Crippen LogP contribution >= 0.6 is 0 Å². The number of esters is 1. The lowest BCUT2D eigenvalue weighted by molar-refractivity contribution is -0.147. The number of primary amides is 1. The fourth-order valence-electron chi connectivity index (χ4n) is 5.23. The van der Waals surface area contributed by atoms with Crippen molar-refractivity contribution in [2.45, 2.75) is 83.2 Å². The molecule has 4 unspecified atom stereocenters. The number of ether oxygens (including phenoxy) is 2. The monoisotopic (exact) mass is 457 g/mol. The lowest BCUT2D eigenvalue weighted by Crippen LogP contribution is -2.58. The summed E-state index contributed by atoms with van der Waals surface area (Å²) in [6.45, 7) is 3.90. The van der Waals surface area contributed by atoms with Crippen LogP contribution in [-0.2, 0) is 20.9 Å². The van der Waals surface area contributed by atoms with Crippen molar-refractivity contribution in [3.63, 3.8) is 0 Å². The number of carbonyl (C=O) groups is 2. The van der Waals surface area contributed by atoms with Crippen LogP contribution in [0.3, 0.4) is 0 Å². The van der Waals surface area contributed by atoms with E-state index in [2.05, 4.69) is 10.3 Å². The van der Waals surface area contributed by atoms with E-state index in [1.54, 1.807) is 18.7 Å². The van der Waals surface area contributed by atoms with Crippen LogP contribution in [0.25, 0.3) is 0 Å². The topological polar surface area (TPSA) is 132 Å².